The van der Waals surface area contributed by atoms with Gasteiger partial charge in [-0.25, -0.2) is 0 Å². The van der Waals surface area contributed by atoms with E-state index in [2.05, 4.69) is 5.32 Å². The average Bonchev–Trinajstić information content (AvgIpc) is 2.77. The molecular formula is C24H25NO5. The molecule has 0 saturated heterocycles. The van der Waals surface area contributed by atoms with Crippen molar-refractivity contribution < 1.29 is 23.8 Å². The van der Waals surface area contributed by atoms with E-state index in [1.54, 1.807) is 21.3 Å². The van der Waals surface area contributed by atoms with Gasteiger partial charge in [-0.3, -0.25) is 9.59 Å². The Hall–Kier alpha value is -3.28. The van der Waals surface area contributed by atoms with Crippen LogP contribution in [0.2, 0.25) is 0 Å². The molecule has 1 aliphatic carbocycles. The third kappa shape index (κ3) is 3.65. The Morgan fingerprint density at radius 1 is 0.833 bits per heavy atom. The highest BCUT2D eigenvalue weighted by Crippen LogP contribution is 2.45. The first-order chi connectivity index (χ1) is 14.5. The first-order valence-electron chi connectivity index (χ1n) is 9.96. The number of benzene rings is 2. The van der Waals surface area contributed by atoms with Crippen molar-refractivity contribution in [1.82, 2.24) is 5.32 Å². The zero-order chi connectivity index (χ0) is 21.3. The quantitative estimate of drug-likeness (QED) is 0.818. The maximum atomic E-state index is 13.3. The van der Waals surface area contributed by atoms with Crippen LogP contribution in [0.3, 0.4) is 0 Å². The molecule has 0 saturated carbocycles. The van der Waals surface area contributed by atoms with Crippen LogP contribution in [0.5, 0.6) is 17.2 Å². The number of methoxy groups -OCH3 is 3. The number of hydrogen-bond acceptors (Lipinski definition) is 5. The van der Waals surface area contributed by atoms with Gasteiger partial charge in [-0.2, -0.15) is 0 Å². The van der Waals surface area contributed by atoms with E-state index in [9.17, 15) is 9.59 Å². The number of carbonyl (C=O) groups is 2. The summed E-state index contributed by atoms with van der Waals surface area (Å²) in [5, 5.41) is 2.96. The second-order valence-electron chi connectivity index (χ2n) is 7.61. The molecule has 2 aliphatic rings. The fraction of sp³-hybridized carbons (Fsp3) is 0.333. The fourth-order valence-corrected chi connectivity index (χ4v) is 4.45. The molecule has 0 radical (unpaired) electrons. The summed E-state index contributed by atoms with van der Waals surface area (Å²) in [6.07, 6.45) is 1.23. The minimum atomic E-state index is -0.344. The highest BCUT2D eigenvalue weighted by molar-refractivity contribution is 6.02. The Morgan fingerprint density at radius 3 is 2.20 bits per heavy atom. The number of Topliss-reactive ketones (excluding diaryl/α,β-unsaturated/α-hetero) is 1. The van der Waals surface area contributed by atoms with Gasteiger partial charge in [-0.1, -0.05) is 12.1 Å². The lowest BCUT2D eigenvalue weighted by molar-refractivity contribution is -0.122. The van der Waals surface area contributed by atoms with E-state index < -0.39 is 0 Å². The predicted octanol–water partition coefficient (Wildman–Crippen LogP) is 3.72. The summed E-state index contributed by atoms with van der Waals surface area (Å²) in [6.45, 7) is 0. The van der Waals surface area contributed by atoms with Crippen molar-refractivity contribution in [2.45, 2.75) is 31.1 Å². The number of allylic oxidation sites excluding steroid dienone is 2. The second-order valence-corrected chi connectivity index (χ2v) is 7.61. The molecule has 156 valence electrons. The number of amides is 1. The summed E-state index contributed by atoms with van der Waals surface area (Å²) in [6, 6.07) is 13.2. The van der Waals surface area contributed by atoms with E-state index in [0.717, 1.165) is 22.6 Å². The van der Waals surface area contributed by atoms with Gasteiger partial charge in [-0.15, -0.1) is 0 Å². The molecule has 2 atom stereocenters. The molecule has 6 nitrogen and oxygen atoms in total. The summed E-state index contributed by atoms with van der Waals surface area (Å²) in [4.78, 5) is 25.8. The van der Waals surface area contributed by atoms with Gasteiger partial charge in [0, 0.05) is 35.6 Å². The topological polar surface area (TPSA) is 73.9 Å². The minimum Gasteiger partial charge on any atom is -0.497 e. The van der Waals surface area contributed by atoms with Crippen molar-refractivity contribution in [3.05, 3.63) is 64.9 Å². The van der Waals surface area contributed by atoms with E-state index in [1.165, 1.54) is 0 Å². The fourth-order valence-electron chi connectivity index (χ4n) is 4.45. The van der Waals surface area contributed by atoms with Crippen LogP contribution in [0.25, 0.3) is 0 Å². The van der Waals surface area contributed by atoms with Crippen molar-refractivity contribution in [3.8, 4) is 17.2 Å². The molecule has 0 aromatic heterocycles. The van der Waals surface area contributed by atoms with Gasteiger partial charge in [0.2, 0.25) is 5.91 Å². The van der Waals surface area contributed by atoms with Crippen molar-refractivity contribution in [2.75, 3.05) is 21.3 Å². The predicted molar refractivity (Wildman–Crippen MR) is 112 cm³/mol. The summed E-state index contributed by atoms with van der Waals surface area (Å²) in [7, 11) is 4.81. The van der Waals surface area contributed by atoms with Crippen LogP contribution in [-0.2, 0) is 9.59 Å². The smallest absolute Gasteiger partial charge is 0.225 e. The lowest BCUT2D eigenvalue weighted by atomic mass is 9.73. The van der Waals surface area contributed by atoms with E-state index >= 15 is 0 Å². The second kappa shape index (κ2) is 8.22. The number of rotatable bonds is 5. The maximum absolute atomic E-state index is 13.3. The van der Waals surface area contributed by atoms with E-state index in [1.807, 2.05) is 42.5 Å². The molecule has 0 bridgehead atoms. The van der Waals surface area contributed by atoms with Crippen LogP contribution in [0.4, 0.5) is 0 Å². The molecule has 1 aliphatic heterocycles. The van der Waals surface area contributed by atoms with Crippen molar-refractivity contribution in [2.24, 2.45) is 0 Å². The van der Waals surface area contributed by atoms with Crippen molar-refractivity contribution >= 4 is 11.7 Å². The van der Waals surface area contributed by atoms with Gasteiger partial charge in [0.25, 0.3) is 0 Å². The molecule has 0 unspecified atom stereocenters. The lowest BCUT2D eigenvalue weighted by Gasteiger charge is -2.35. The van der Waals surface area contributed by atoms with E-state index in [4.69, 9.17) is 14.2 Å². The van der Waals surface area contributed by atoms with Gasteiger partial charge in [-0.05, 0) is 48.2 Å². The third-order valence-electron chi connectivity index (χ3n) is 5.94. The molecule has 1 heterocycles. The van der Waals surface area contributed by atoms with E-state index in [-0.39, 0.29) is 29.9 Å². The van der Waals surface area contributed by atoms with Gasteiger partial charge < -0.3 is 19.5 Å². The first kappa shape index (κ1) is 20.0. The molecule has 30 heavy (non-hydrogen) atoms. The largest absolute Gasteiger partial charge is 0.497 e. The van der Waals surface area contributed by atoms with Crippen LogP contribution < -0.4 is 19.5 Å². The molecule has 0 spiro atoms. The first-order valence-corrected chi connectivity index (χ1v) is 9.96. The number of hydrogen-bond donors (Lipinski definition) is 1. The van der Waals surface area contributed by atoms with Crippen molar-refractivity contribution in [3.63, 3.8) is 0 Å². The number of ether oxygens (including phenoxy) is 3. The van der Waals surface area contributed by atoms with Crippen LogP contribution in [0.1, 0.15) is 42.2 Å². The Bertz CT molecular complexity index is 1010. The Balaban J connectivity index is 1.72. The lowest BCUT2D eigenvalue weighted by Crippen LogP contribution is -2.38. The highest BCUT2D eigenvalue weighted by atomic mass is 16.5. The van der Waals surface area contributed by atoms with Crippen molar-refractivity contribution in [1.29, 1.82) is 0 Å². The summed E-state index contributed by atoms with van der Waals surface area (Å²) >= 11 is 0. The third-order valence-corrected chi connectivity index (χ3v) is 5.94. The normalized spacial score (nSPS) is 21.0. The maximum Gasteiger partial charge on any atom is 0.225 e. The van der Waals surface area contributed by atoms with Gasteiger partial charge in [0.15, 0.2) is 5.78 Å². The Morgan fingerprint density at radius 2 is 1.53 bits per heavy atom. The van der Waals surface area contributed by atoms with Crippen LogP contribution in [-0.4, -0.2) is 33.0 Å². The van der Waals surface area contributed by atoms with Gasteiger partial charge >= 0.3 is 0 Å². The summed E-state index contributed by atoms with van der Waals surface area (Å²) < 4.78 is 16.1. The number of nitrogens with one attached hydrogen (secondary N) is 1. The van der Waals surface area contributed by atoms with Crippen LogP contribution in [0, 0.1) is 0 Å². The molecule has 2 aromatic rings. The Labute approximate surface area is 175 Å². The molecule has 1 N–H and O–H groups in total. The SMILES string of the molecule is COc1ccc([C@@H]2CC(=O)C3=C(C2)NC(=O)C[C@@H]3c2cc(OC)ccc2OC)cc1. The molecule has 0 fully saturated rings. The Kier molecular flexibility index (Phi) is 5.48. The van der Waals surface area contributed by atoms with Crippen LogP contribution in [0.15, 0.2) is 53.7 Å². The number of carbonyl (C=O) groups excluding carboxylic acids is 2. The average molecular weight is 407 g/mol. The van der Waals surface area contributed by atoms with Crippen LogP contribution >= 0.6 is 0 Å². The van der Waals surface area contributed by atoms with Gasteiger partial charge in [0.1, 0.15) is 17.2 Å². The zero-order valence-corrected chi connectivity index (χ0v) is 17.4. The zero-order valence-electron chi connectivity index (χ0n) is 17.4. The monoisotopic (exact) mass is 407 g/mol. The molecule has 6 heteroatoms. The van der Waals surface area contributed by atoms with Gasteiger partial charge in [0.05, 0.1) is 21.3 Å². The minimum absolute atomic E-state index is 0.0217. The highest BCUT2D eigenvalue weighted by Gasteiger charge is 2.39. The summed E-state index contributed by atoms with van der Waals surface area (Å²) in [5.74, 6) is 1.73. The van der Waals surface area contributed by atoms with E-state index in [0.29, 0.717) is 29.9 Å². The standard InChI is InChI=1S/C24H25NO5/c1-28-16-6-4-14(5-7-16)15-10-20-24(21(26)11-15)19(13-23(27)25-20)18-12-17(29-2)8-9-22(18)30-3/h4-9,12,15,19H,10-11,13H2,1-3H3,(H,25,27)/t15-,19+/m0/s1. The molecule has 4 rings (SSSR count). The molecule has 1 amide bonds. The molecular weight excluding hydrogens is 382 g/mol. The molecule has 2 aromatic carbocycles. The summed E-state index contributed by atoms with van der Waals surface area (Å²) in [5.41, 5.74) is 3.27. The number of ketones is 1.